The molecule has 329 valence electrons. The van der Waals surface area contributed by atoms with Crippen LogP contribution < -0.4 is 41.2 Å². The fourth-order valence-electron chi connectivity index (χ4n) is 11.1. The highest BCUT2D eigenvalue weighted by Gasteiger charge is 2.53. The Labute approximate surface area is 417 Å². The van der Waals surface area contributed by atoms with Crippen LogP contribution in [-0.2, 0) is 0 Å². The molecule has 0 bridgehead atoms. The summed E-state index contributed by atoms with van der Waals surface area (Å²) >= 11 is 1.94. The minimum atomic E-state index is -2.76. The SMILES string of the molecule is c1ccc(-c2ccc(-c3ccc(N(c4ccccc4)c4cccc(-c5ccc(-c6ccc7c(c6)[Si]6(c8ccccc8Sc8ccccc86)c6ccccc6[Si]7c6ccccc6)cc5)c4)cc3)cc2)cc1. The molecule has 0 unspecified atom stereocenters. The third kappa shape index (κ3) is 7.23. The number of anilines is 3. The molecular weight excluding hydrogens is 895 g/mol. The Morgan fingerprint density at radius 1 is 0.271 bits per heavy atom. The maximum absolute atomic E-state index is 2.76. The maximum Gasteiger partial charge on any atom is 0.181 e. The number of benzene rings is 11. The van der Waals surface area contributed by atoms with E-state index in [0.29, 0.717) is 0 Å². The molecule has 0 fully saturated rings. The predicted molar refractivity (Wildman–Crippen MR) is 302 cm³/mol. The summed E-state index contributed by atoms with van der Waals surface area (Å²) in [5.41, 5.74) is 13.0. The number of hydrogen-bond acceptors (Lipinski definition) is 2. The number of hydrogen-bond donors (Lipinski definition) is 0. The van der Waals surface area contributed by atoms with Crippen molar-refractivity contribution in [1.82, 2.24) is 0 Å². The first kappa shape index (κ1) is 42.1. The van der Waals surface area contributed by atoms with Crippen molar-refractivity contribution in [2.75, 3.05) is 4.90 Å². The van der Waals surface area contributed by atoms with Crippen molar-refractivity contribution in [3.05, 3.63) is 279 Å². The van der Waals surface area contributed by atoms with Crippen LogP contribution in [0.15, 0.2) is 289 Å². The van der Waals surface area contributed by atoms with E-state index in [2.05, 4.69) is 284 Å². The van der Waals surface area contributed by atoms with Crippen molar-refractivity contribution in [1.29, 1.82) is 0 Å². The van der Waals surface area contributed by atoms with Gasteiger partial charge < -0.3 is 4.90 Å². The summed E-state index contributed by atoms with van der Waals surface area (Å²) in [6.45, 7) is 0. The van der Waals surface area contributed by atoms with Gasteiger partial charge in [-0.1, -0.05) is 258 Å². The highest BCUT2D eigenvalue weighted by atomic mass is 32.2. The molecule has 0 N–H and O–H groups in total. The molecule has 11 aromatic rings. The van der Waals surface area contributed by atoms with Crippen molar-refractivity contribution < 1.29 is 0 Å². The highest BCUT2D eigenvalue weighted by molar-refractivity contribution is 8.00. The Bertz CT molecular complexity index is 3620. The number of rotatable bonds is 8. The molecule has 0 aliphatic carbocycles. The molecule has 13 rings (SSSR count). The Morgan fingerprint density at radius 2 is 0.671 bits per heavy atom. The molecule has 4 heteroatoms. The lowest BCUT2D eigenvalue weighted by atomic mass is 9.99. The fraction of sp³-hybridized carbons (Fsp3) is 0. The van der Waals surface area contributed by atoms with Gasteiger partial charge >= 0.3 is 0 Å². The van der Waals surface area contributed by atoms with E-state index in [1.54, 1.807) is 5.19 Å². The third-order valence-corrected chi connectivity index (χ3v) is 24.1. The first-order valence-corrected chi connectivity index (χ1v) is 28.4. The minimum Gasteiger partial charge on any atom is -0.310 e. The van der Waals surface area contributed by atoms with E-state index in [9.17, 15) is 0 Å². The quantitative estimate of drug-likeness (QED) is 0.140. The van der Waals surface area contributed by atoms with Crippen molar-refractivity contribution in [3.63, 3.8) is 0 Å². The lowest BCUT2D eigenvalue weighted by Gasteiger charge is -2.46. The summed E-state index contributed by atoms with van der Waals surface area (Å²) in [6, 6.07) is 104. The fourth-order valence-corrected chi connectivity index (χ4v) is 22.7. The molecule has 0 saturated heterocycles. The lowest BCUT2D eigenvalue weighted by molar-refractivity contribution is 1.28. The molecule has 1 radical (unpaired) electrons. The summed E-state index contributed by atoms with van der Waals surface area (Å²) in [7, 11) is -4.07. The largest absolute Gasteiger partial charge is 0.310 e. The minimum absolute atomic E-state index is 1.11. The second kappa shape index (κ2) is 17.8. The van der Waals surface area contributed by atoms with Gasteiger partial charge in [0.05, 0.1) is 0 Å². The van der Waals surface area contributed by atoms with E-state index in [1.165, 1.54) is 85.4 Å². The van der Waals surface area contributed by atoms with Crippen LogP contribution in [0, 0.1) is 0 Å². The Hall–Kier alpha value is -8.00. The zero-order chi connectivity index (χ0) is 46.4. The van der Waals surface area contributed by atoms with Crippen molar-refractivity contribution in [3.8, 4) is 44.5 Å². The van der Waals surface area contributed by atoms with Crippen LogP contribution in [0.2, 0.25) is 0 Å². The molecule has 11 aromatic carbocycles. The monoisotopic (exact) mass is 940 g/mol. The third-order valence-electron chi connectivity index (χ3n) is 14.3. The molecule has 2 aliphatic heterocycles. The van der Waals surface area contributed by atoms with E-state index in [-0.39, 0.29) is 0 Å². The van der Waals surface area contributed by atoms with Gasteiger partial charge in [0, 0.05) is 26.9 Å². The highest BCUT2D eigenvalue weighted by Crippen LogP contribution is 2.39. The van der Waals surface area contributed by atoms with E-state index >= 15 is 0 Å². The van der Waals surface area contributed by atoms with Gasteiger partial charge in [0.1, 0.15) is 0 Å². The number of para-hydroxylation sites is 1. The number of fused-ring (bicyclic) bond motifs is 8. The van der Waals surface area contributed by atoms with Crippen LogP contribution in [0.4, 0.5) is 17.1 Å². The van der Waals surface area contributed by atoms with Gasteiger partial charge in [-0.25, -0.2) is 0 Å². The van der Waals surface area contributed by atoms with Crippen LogP contribution in [0.1, 0.15) is 0 Å². The molecule has 70 heavy (non-hydrogen) atoms. The smallest absolute Gasteiger partial charge is 0.181 e. The zero-order valence-electron chi connectivity index (χ0n) is 38.4. The second-order valence-corrected chi connectivity index (χ2v) is 25.3. The first-order valence-electron chi connectivity index (χ1n) is 24.1. The molecule has 0 atom stereocenters. The van der Waals surface area contributed by atoms with Gasteiger partial charge in [-0.05, 0) is 114 Å². The Balaban J connectivity index is 0.873. The van der Waals surface area contributed by atoms with E-state index in [1.807, 2.05) is 11.8 Å². The van der Waals surface area contributed by atoms with Crippen LogP contribution in [0.3, 0.4) is 0 Å². The molecular formula is C66H46NSSi2. The summed E-state index contributed by atoms with van der Waals surface area (Å²) in [6.07, 6.45) is 0. The first-order chi connectivity index (χ1) is 34.7. The van der Waals surface area contributed by atoms with Gasteiger partial charge in [0.25, 0.3) is 0 Å². The standard InChI is InChI=1S/C66H46NSSi2/c1-4-17-47(18-5-1)48-31-33-49(34-32-48)50-39-42-56(43-40-50)67(55-20-6-2-7-21-55)57-22-16-19-53(45-57)51-35-37-52(38-36-51)54-41-44-62-66(46-54)70(63-28-13-10-25-59(63)68-60-26-11-14-29-64(60)70)65-30-15-12-27-61(65)69(62)58-23-8-3-9-24-58/h1-46H. The van der Waals surface area contributed by atoms with Crippen molar-refractivity contribution in [2.45, 2.75) is 9.79 Å². The van der Waals surface area contributed by atoms with Crippen LogP contribution >= 0.6 is 11.8 Å². The summed E-state index contributed by atoms with van der Waals surface area (Å²) in [4.78, 5) is 5.12. The van der Waals surface area contributed by atoms with Gasteiger partial charge in [-0.3, -0.25) is 0 Å². The van der Waals surface area contributed by atoms with Crippen molar-refractivity contribution >= 4 is 82.0 Å². The van der Waals surface area contributed by atoms with E-state index < -0.39 is 16.9 Å². The summed E-state index contributed by atoms with van der Waals surface area (Å²) in [5, 5.41) is 10.6. The van der Waals surface area contributed by atoms with Crippen molar-refractivity contribution in [2.24, 2.45) is 0 Å². The second-order valence-electron chi connectivity index (χ2n) is 18.2. The molecule has 2 aliphatic rings. The average Bonchev–Trinajstić information content (AvgIpc) is 3.44. The zero-order valence-corrected chi connectivity index (χ0v) is 41.2. The molecule has 0 aromatic heterocycles. The van der Waals surface area contributed by atoms with Gasteiger partial charge in [-0.15, -0.1) is 0 Å². The molecule has 1 spiro atoms. The lowest BCUT2D eigenvalue weighted by Crippen LogP contribution is -2.87. The van der Waals surface area contributed by atoms with E-state index in [4.69, 9.17) is 0 Å². The molecule has 1 nitrogen and oxygen atoms in total. The summed E-state index contributed by atoms with van der Waals surface area (Å²) < 4.78 is 0. The van der Waals surface area contributed by atoms with Gasteiger partial charge in [-0.2, -0.15) is 0 Å². The number of nitrogens with zero attached hydrogens (tertiary/aromatic N) is 1. The van der Waals surface area contributed by atoms with Crippen LogP contribution in [0.5, 0.6) is 0 Å². The molecule has 2 heterocycles. The van der Waals surface area contributed by atoms with Crippen LogP contribution in [-0.4, -0.2) is 16.9 Å². The Kier molecular flexibility index (Phi) is 10.7. The maximum atomic E-state index is 2.60. The normalized spacial score (nSPS) is 13.1. The summed E-state index contributed by atoms with van der Waals surface area (Å²) in [5.74, 6) is 0. The van der Waals surface area contributed by atoms with Crippen LogP contribution in [0.25, 0.3) is 44.5 Å². The average molecular weight is 941 g/mol. The molecule has 0 amide bonds. The van der Waals surface area contributed by atoms with E-state index in [0.717, 1.165) is 17.1 Å². The Morgan fingerprint density at radius 3 is 1.29 bits per heavy atom. The molecule has 0 saturated carbocycles. The topological polar surface area (TPSA) is 3.24 Å². The van der Waals surface area contributed by atoms with Gasteiger partial charge in [0.15, 0.2) is 16.9 Å². The predicted octanol–water partition coefficient (Wildman–Crippen LogP) is 12.5. The van der Waals surface area contributed by atoms with Gasteiger partial charge in [0.2, 0.25) is 0 Å².